The van der Waals surface area contributed by atoms with Crippen LogP contribution in [0.25, 0.3) is 0 Å². The Morgan fingerprint density at radius 3 is 2.38 bits per heavy atom. The van der Waals surface area contributed by atoms with Gasteiger partial charge in [0.25, 0.3) is 0 Å². The van der Waals surface area contributed by atoms with Crippen LogP contribution in [0.1, 0.15) is 66.2 Å². The minimum absolute atomic E-state index is 0.0459. The first kappa shape index (κ1) is 25.6. The molecule has 1 amide bonds. The van der Waals surface area contributed by atoms with E-state index >= 15 is 0 Å². The lowest BCUT2D eigenvalue weighted by Crippen LogP contribution is -2.35. The Balaban J connectivity index is 2.33. The SMILES string of the molecule is CC(C)=CCCC(C)C=CC=C(C)C1CCC(C(=O)NCCOS(=O)(=O)O)CC1. The number of rotatable bonds is 11. The van der Waals surface area contributed by atoms with Gasteiger partial charge in [-0.05, 0) is 71.1 Å². The van der Waals surface area contributed by atoms with Gasteiger partial charge in [0, 0.05) is 12.5 Å². The van der Waals surface area contributed by atoms with Gasteiger partial charge >= 0.3 is 10.4 Å². The first-order chi connectivity index (χ1) is 13.6. The third-order valence-corrected chi connectivity index (χ3v) is 5.81. The highest BCUT2D eigenvalue weighted by Crippen LogP contribution is 2.33. The molecule has 0 spiro atoms. The molecule has 0 aliphatic heterocycles. The van der Waals surface area contributed by atoms with E-state index in [-0.39, 0.29) is 25.0 Å². The molecule has 0 radical (unpaired) electrons. The normalized spacial score (nSPS) is 21.8. The molecule has 0 aromatic carbocycles. The van der Waals surface area contributed by atoms with Gasteiger partial charge in [-0.3, -0.25) is 9.35 Å². The fourth-order valence-electron chi connectivity index (χ4n) is 3.54. The van der Waals surface area contributed by atoms with Crippen molar-refractivity contribution in [1.82, 2.24) is 5.32 Å². The van der Waals surface area contributed by atoms with Gasteiger partial charge in [-0.15, -0.1) is 0 Å². The topological polar surface area (TPSA) is 92.7 Å². The molecule has 1 aliphatic carbocycles. The molecule has 2 N–H and O–H groups in total. The highest BCUT2D eigenvalue weighted by Gasteiger charge is 2.26. The van der Waals surface area contributed by atoms with E-state index in [0.29, 0.717) is 11.8 Å². The van der Waals surface area contributed by atoms with Gasteiger partial charge in [0.1, 0.15) is 0 Å². The molecule has 1 unspecified atom stereocenters. The lowest BCUT2D eigenvalue weighted by Gasteiger charge is -2.28. The maximum atomic E-state index is 12.2. The average molecular weight is 428 g/mol. The summed E-state index contributed by atoms with van der Waals surface area (Å²) in [6.07, 6.45) is 14.8. The highest BCUT2D eigenvalue weighted by molar-refractivity contribution is 7.80. The highest BCUT2D eigenvalue weighted by atomic mass is 32.3. The second-order valence-electron chi connectivity index (χ2n) is 8.22. The molecule has 1 rings (SSSR count). The zero-order valence-electron chi connectivity index (χ0n) is 18.2. The molecule has 0 bridgehead atoms. The van der Waals surface area contributed by atoms with Gasteiger partial charge < -0.3 is 5.32 Å². The molecule has 1 saturated carbocycles. The maximum absolute atomic E-state index is 12.2. The summed E-state index contributed by atoms with van der Waals surface area (Å²) in [7, 11) is -4.45. The predicted molar refractivity (Wildman–Crippen MR) is 117 cm³/mol. The number of carbonyl (C=O) groups excluding carboxylic acids is 1. The Labute approximate surface area is 176 Å². The van der Waals surface area contributed by atoms with E-state index in [2.05, 4.69) is 61.5 Å². The summed E-state index contributed by atoms with van der Waals surface area (Å²) >= 11 is 0. The Hall–Kier alpha value is -1.44. The zero-order valence-corrected chi connectivity index (χ0v) is 19.0. The second-order valence-corrected chi connectivity index (χ2v) is 9.31. The lowest BCUT2D eigenvalue weighted by atomic mass is 9.78. The minimum atomic E-state index is -4.45. The Kier molecular flexibility index (Phi) is 11.5. The molecule has 7 heteroatoms. The van der Waals surface area contributed by atoms with Crippen LogP contribution in [0, 0.1) is 17.8 Å². The van der Waals surface area contributed by atoms with Crippen LogP contribution < -0.4 is 5.32 Å². The predicted octanol–water partition coefficient (Wildman–Crippen LogP) is 4.61. The third-order valence-electron chi connectivity index (χ3n) is 5.35. The van der Waals surface area contributed by atoms with E-state index in [4.69, 9.17) is 4.55 Å². The van der Waals surface area contributed by atoms with Crippen LogP contribution in [0.3, 0.4) is 0 Å². The van der Waals surface area contributed by atoms with E-state index in [1.165, 1.54) is 11.1 Å². The Morgan fingerprint density at radius 1 is 1.17 bits per heavy atom. The summed E-state index contributed by atoms with van der Waals surface area (Å²) in [5, 5.41) is 2.67. The Morgan fingerprint density at radius 2 is 1.79 bits per heavy atom. The third kappa shape index (κ3) is 12.0. The van der Waals surface area contributed by atoms with Crippen LogP contribution in [-0.2, 0) is 19.4 Å². The monoisotopic (exact) mass is 427 g/mol. The van der Waals surface area contributed by atoms with Crippen LogP contribution in [-0.4, -0.2) is 32.0 Å². The van der Waals surface area contributed by atoms with Gasteiger partial charge in [0.05, 0.1) is 6.61 Å². The molecular weight excluding hydrogens is 390 g/mol. The van der Waals surface area contributed by atoms with Crippen molar-refractivity contribution in [2.75, 3.05) is 13.2 Å². The standard InChI is InChI=1S/C22H37NO5S/c1-17(2)7-5-8-18(3)9-6-10-19(4)20-11-13-21(14-12-20)22(24)23-15-16-28-29(25,26)27/h6-7,9-10,18,20-21H,5,8,11-16H2,1-4H3,(H,23,24)(H,25,26,27). The van der Waals surface area contributed by atoms with Crippen LogP contribution in [0.2, 0.25) is 0 Å². The van der Waals surface area contributed by atoms with Crippen molar-refractivity contribution in [2.45, 2.75) is 66.2 Å². The number of hydrogen-bond donors (Lipinski definition) is 2. The van der Waals surface area contributed by atoms with Crippen molar-refractivity contribution < 1.29 is 21.9 Å². The lowest BCUT2D eigenvalue weighted by molar-refractivity contribution is -0.126. The number of carbonyl (C=O) groups is 1. The van der Waals surface area contributed by atoms with E-state index < -0.39 is 10.4 Å². The van der Waals surface area contributed by atoms with Crippen LogP contribution in [0.4, 0.5) is 0 Å². The molecule has 0 heterocycles. The number of amides is 1. The molecule has 29 heavy (non-hydrogen) atoms. The summed E-state index contributed by atoms with van der Waals surface area (Å²) in [6.45, 7) is 8.46. The molecular formula is C22H37NO5S. The summed E-state index contributed by atoms with van der Waals surface area (Å²) in [6, 6.07) is 0. The second kappa shape index (κ2) is 13.0. The van der Waals surface area contributed by atoms with E-state index in [1.54, 1.807) is 0 Å². The Bertz CT molecular complexity index is 697. The average Bonchev–Trinajstić information content (AvgIpc) is 2.64. The van der Waals surface area contributed by atoms with E-state index in [9.17, 15) is 13.2 Å². The van der Waals surface area contributed by atoms with E-state index in [1.807, 2.05) is 0 Å². The van der Waals surface area contributed by atoms with Crippen molar-refractivity contribution in [3.8, 4) is 0 Å². The van der Waals surface area contributed by atoms with Gasteiger partial charge in [-0.1, -0.05) is 42.4 Å². The fraction of sp³-hybridized carbons (Fsp3) is 0.682. The largest absolute Gasteiger partial charge is 0.397 e. The van der Waals surface area contributed by atoms with Crippen molar-refractivity contribution >= 4 is 16.3 Å². The summed E-state index contributed by atoms with van der Waals surface area (Å²) in [5.41, 5.74) is 2.73. The van der Waals surface area contributed by atoms with Crippen molar-refractivity contribution in [3.63, 3.8) is 0 Å². The first-order valence-electron chi connectivity index (χ1n) is 10.5. The van der Waals surface area contributed by atoms with Crippen molar-refractivity contribution in [3.05, 3.63) is 35.5 Å². The molecule has 1 atom stereocenters. The summed E-state index contributed by atoms with van der Waals surface area (Å²) in [4.78, 5) is 12.2. The summed E-state index contributed by atoms with van der Waals surface area (Å²) in [5.74, 6) is 0.941. The molecule has 0 aromatic rings. The van der Waals surface area contributed by atoms with Crippen LogP contribution >= 0.6 is 0 Å². The number of nitrogens with one attached hydrogen (secondary N) is 1. The van der Waals surface area contributed by atoms with Gasteiger partial charge in [-0.25, -0.2) is 4.18 Å². The molecule has 166 valence electrons. The van der Waals surface area contributed by atoms with Gasteiger partial charge in [0.15, 0.2) is 0 Å². The molecule has 1 aliphatic rings. The smallest absolute Gasteiger partial charge is 0.353 e. The molecule has 0 aromatic heterocycles. The quantitative estimate of drug-likeness (QED) is 0.217. The number of hydrogen-bond acceptors (Lipinski definition) is 4. The molecule has 1 fully saturated rings. The van der Waals surface area contributed by atoms with Crippen molar-refractivity contribution in [1.29, 1.82) is 0 Å². The maximum Gasteiger partial charge on any atom is 0.397 e. The van der Waals surface area contributed by atoms with Crippen LogP contribution in [0.5, 0.6) is 0 Å². The first-order valence-corrected chi connectivity index (χ1v) is 11.8. The van der Waals surface area contributed by atoms with Gasteiger partial charge in [-0.2, -0.15) is 8.42 Å². The van der Waals surface area contributed by atoms with Crippen LogP contribution in [0.15, 0.2) is 35.5 Å². The summed E-state index contributed by atoms with van der Waals surface area (Å²) < 4.78 is 33.6. The minimum Gasteiger partial charge on any atom is -0.353 e. The fourth-order valence-corrected chi connectivity index (χ4v) is 3.83. The molecule has 0 saturated heterocycles. The van der Waals surface area contributed by atoms with E-state index in [0.717, 1.165) is 38.5 Å². The van der Waals surface area contributed by atoms with Gasteiger partial charge in [0.2, 0.25) is 5.91 Å². The van der Waals surface area contributed by atoms with Crippen molar-refractivity contribution in [2.24, 2.45) is 17.8 Å². The number of allylic oxidation sites excluding steroid dienone is 6. The zero-order chi connectivity index (χ0) is 21.9. The molecule has 6 nitrogen and oxygen atoms in total.